The molecule has 2 unspecified atom stereocenters. The monoisotopic (exact) mass is 303 g/mol. The van der Waals surface area contributed by atoms with Crippen molar-refractivity contribution in [2.24, 2.45) is 0 Å². The third-order valence-electron chi connectivity index (χ3n) is 4.35. The van der Waals surface area contributed by atoms with E-state index in [1.54, 1.807) is 4.88 Å². The largest absolute Gasteiger partial charge is 0.296 e. The topological polar surface area (TPSA) is 3.24 Å². The number of fused-ring (bicyclic) bond motifs is 1. The minimum atomic E-state index is 0.516. The summed E-state index contributed by atoms with van der Waals surface area (Å²) in [6.45, 7) is 4.61. The van der Waals surface area contributed by atoms with Crippen LogP contribution in [0.1, 0.15) is 34.9 Å². The fourth-order valence-electron chi connectivity index (χ4n) is 3.09. The van der Waals surface area contributed by atoms with E-state index >= 15 is 0 Å². The van der Waals surface area contributed by atoms with Gasteiger partial charge in [-0.15, -0.1) is 11.3 Å². The molecule has 2 atom stereocenters. The van der Waals surface area contributed by atoms with Crippen molar-refractivity contribution in [3.63, 3.8) is 0 Å². The Labute approximate surface area is 131 Å². The van der Waals surface area contributed by atoms with Gasteiger partial charge in [0.15, 0.2) is 0 Å². The van der Waals surface area contributed by atoms with Crippen LogP contribution >= 0.6 is 24.0 Å². The van der Waals surface area contributed by atoms with E-state index < -0.39 is 0 Å². The van der Waals surface area contributed by atoms with Gasteiger partial charge in [-0.3, -0.25) is 4.90 Å². The van der Waals surface area contributed by atoms with Gasteiger partial charge >= 0.3 is 0 Å². The predicted octanol–water partition coefficient (Wildman–Crippen LogP) is 4.38. The van der Waals surface area contributed by atoms with Crippen LogP contribution in [0.4, 0.5) is 0 Å². The molecule has 1 aromatic heterocycles. The number of hydrogen-bond acceptors (Lipinski definition) is 3. The average molecular weight is 303 g/mol. The lowest BCUT2D eigenvalue weighted by molar-refractivity contribution is 0.191. The van der Waals surface area contributed by atoms with Crippen LogP contribution in [0.2, 0.25) is 0 Å². The van der Waals surface area contributed by atoms with Crippen LogP contribution in [0.3, 0.4) is 0 Å². The standard InChI is InChI=1S/C17H21NS2/c1-13-16-8-10-20-17(16)7-9-18(13)11-15(12-19)14-5-3-2-4-6-14/h2-6,8,10,13,15,19H,7,9,11-12H2,1H3. The van der Waals surface area contributed by atoms with Gasteiger partial charge in [0, 0.05) is 29.9 Å². The predicted molar refractivity (Wildman–Crippen MR) is 91.0 cm³/mol. The molecular formula is C17H21NS2. The molecule has 0 saturated carbocycles. The Morgan fingerprint density at radius 1 is 1.30 bits per heavy atom. The molecule has 2 aromatic rings. The van der Waals surface area contributed by atoms with Gasteiger partial charge in [0.1, 0.15) is 0 Å². The maximum absolute atomic E-state index is 4.57. The maximum Gasteiger partial charge on any atom is 0.0331 e. The first-order valence-corrected chi connectivity index (χ1v) is 8.77. The molecule has 0 aliphatic carbocycles. The summed E-state index contributed by atoms with van der Waals surface area (Å²) in [5.74, 6) is 1.42. The summed E-state index contributed by atoms with van der Waals surface area (Å²) in [6.07, 6.45) is 1.20. The highest BCUT2D eigenvalue weighted by molar-refractivity contribution is 7.80. The van der Waals surface area contributed by atoms with E-state index in [-0.39, 0.29) is 0 Å². The quantitative estimate of drug-likeness (QED) is 0.820. The number of thiol groups is 1. The van der Waals surface area contributed by atoms with Crippen molar-refractivity contribution in [2.45, 2.75) is 25.3 Å². The Balaban J connectivity index is 1.74. The van der Waals surface area contributed by atoms with E-state index in [9.17, 15) is 0 Å². The summed E-state index contributed by atoms with van der Waals surface area (Å²) in [6, 6.07) is 13.6. The lowest BCUT2D eigenvalue weighted by Crippen LogP contribution is -2.36. The molecule has 0 amide bonds. The second-order valence-electron chi connectivity index (χ2n) is 5.51. The molecule has 106 valence electrons. The van der Waals surface area contributed by atoms with Crippen molar-refractivity contribution >= 4 is 24.0 Å². The van der Waals surface area contributed by atoms with Crippen molar-refractivity contribution in [1.82, 2.24) is 4.90 Å². The summed E-state index contributed by atoms with van der Waals surface area (Å²) in [7, 11) is 0. The van der Waals surface area contributed by atoms with Crippen LogP contribution < -0.4 is 0 Å². The molecule has 0 spiro atoms. The first kappa shape index (κ1) is 14.2. The van der Waals surface area contributed by atoms with Gasteiger partial charge in [-0.1, -0.05) is 30.3 Å². The summed E-state index contributed by atoms with van der Waals surface area (Å²) in [5, 5.41) is 2.23. The molecule has 0 fully saturated rings. The summed E-state index contributed by atoms with van der Waals surface area (Å²) >= 11 is 6.49. The summed E-state index contributed by atoms with van der Waals surface area (Å²) in [5.41, 5.74) is 2.94. The van der Waals surface area contributed by atoms with Crippen molar-refractivity contribution in [3.05, 3.63) is 57.8 Å². The normalized spacial score (nSPS) is 20.6. The van der Waals surface area contributed by atoms with Gasteiger partial charge < -0.3 is 0 Å². The third kappa shape index (κ3) is 2.80. The van der Waals surface area contributed by atoms with Gasteiger partial charge in [-0.2, -0.15) is 12.6 Å². The number of thiophene rings is 1. The van der Waals surface area contributed by atoms with E-state index in [2.05, 4.69) is 66.2 Å². The Morgan fingerprint density at radius 2 is 2.10 bits per heavy atom. The second kappa shape index (κ2) is 6.33. The molecule has 1 aliphatic heterocycles. The molecule has 20 heavy (non-hydrogen) atoms. The number of hydrogen-bond donors (Lipinski definition) is 1. The van der Waals surface area contributed by atoms with Gasteiger partial charge in [-0.25, -0.2) is 0 Å². The smallest absolute Gasteiger partial charge is 0.0331 e. The van der Waals surface area contributed by atoms with Crippen molar-refractivity contribution < 1.29 is 0 Å². The molecule has 1 aromatic carbocycles. The van der Waals surface area contributed by atoms with Crippen molar-refractivity contribution in [3.8, 4) is 0 Å². The van der Waals surface area contributed by atoms with Gasteiger partial charge in [0.05, 0.1) is 0 Å². The molecular weight excluding hydrogens is 282 g/mol. The fraction of sp³-hybridized carbons (Fsp3) is 0.412. The van der Waals surface area contributed by atoms with E-state index in [0.29, 0.717) is 12.0 Å². The Bertz CT molecular complexity index is 549. The highest BCUT2D eigenvalue weighted by Crippen LogP contribution is 2.34. The zero-order valence-electron chi connectivity index (χ0n) is 11.8. The first-order chi connectivity index (χ1) is 9.79. The summed E-state index contributed by atoms with van der Waals surface area (Å²) in [4.78, 5) is 4.19. The third-order valence-corrected chi connectivity index (χ3v) is 5.79. The first-order valence-electron chi connectivity index (χ1n) is 7.25. The van der Waals surface area contributed by atoms with Crippen molar-refractivity contribution in [1.29, 1.82) is 0 Å². The van der Waals surface area contributed by atoms with E-state index in [1.165, 1.54) is 24.1 Å². The van der Waals surface area contributed by atoms with Crippen LogP contribution in [0.15, 0.2) is 41.8 Å². The van der Waals surface area contributed by atoms with E-state index in [4.69, 9.17) is 0 Å². The summed E-state index contributed by atoms with van der Waals surface area (Å²) < 4.78 is 0. The lowest BCUT2D eigenvalue weighted by Gasteiger charge is -2.36. The van der Waals surface area contributed by atoms with Gasteiger partial charge in [0.25, 0.3) is 0 Å². The minimum absolute atomic E-state index is 0.516. The molecule has 3 rings (SSSR count). The number of nitrogens with zero attached hydrogens (tertiary/aromatic N) is 1. The van der Waals surface area contributed by atoms with Crippen LogP contribution in [0.25, 0.3) is 0 Å². The van der Waals surface area contributed by atoms with Gasteiger partial charge in [-0.05, 0) is 41.7 Å². The number of benzene rings is 1. The Morgan fingerprint density at radius 3 is 2.85 bits per heavy atom. The fourth-order valence-corrected chi connectivity index (χ4v) is 4.38. The van der Waals surface area contributed by atoms with Crippen LogP contribution in [-0.2, 0) is 6.42 Å². The molecule has 1 nitrogen and oxygen atoms in total. The van der Waals surface area contributed by atoms with E-state index in [0.717, 1.165) is 12.3 Å². The molecule has 2 heterocycles. The van der Waals surface area contributed by atoms with Crippen LogP contribution in [0.5, 0.6) is 0 Å². The van der Waals surface area contributed by atoms with Crippen LogP contribution in [0, 0.1) is 0 Å². The SMILES string of the molecule is CC1c2ccsc2CCN1CC(CS)c1ccccc1. The lowest BCUT2D eigenvalue weighted by atomic mass is 9.96. The molecule has 0 radical (unpaired) electrons. The molecule has 0 saturated heterocycles. The highest BCUT2D eigenvalue weighted by Gasteiger charge is 2.26. The second-order valence-corrected chi connectivity index (χ2v) is 6.88. The Hall–Kier alpha value is -0.770. The zero-order chi connectivity index (χ0) is 13.9. The maximum atomic E-state index is 4.57. The van der Waals surface area contributed by atoms with Crippen molar-refractivity contribution in [2.75, 3.05) is 18.8 Å². The van der Waals surface area contributed by atoms with Crippen LogP contribution in [-0.4, -0.2) is 23.7 Å². The highest BCUT2D eigenvalue weighted by atomic mass is 32.1. The molecule has 1 aliphatic rings. The Kier molecular flexibility index (Phi) is 4.49. The molecule has 0 bridgehead atoms. The zero-order valence-corrected chi connectivity index (χ0v) is 13.5. The molecule has 3 heteroatoms. The molecule has 0 N–H and O–H groups in total. The van der Waals surface area contributed by atoms with E-state index in [1.807, 2.05) is 11.3 Å². The average Bonchev–Trinajstić information content (AvgIpc) is 2.97. The number of rotatable bonds is 4. The van der Waals surface area contributed by atoms with Gasteiger partial charge in [0.2, 0.25) is 0 Å². The minimum Gasteiger partial charge on any atom is -0.296 e.